The second-order valence-electron chi connectivity index (χ2n) is 5.68. The number of H-pyrrole nitrogens is 1. The van der Waals surface area contributed by atoms with Gasteiger partial charge in [0.2, 0.25) is 0 Å². The Morgan fingerprint density at radius 2 is 1.83 bits per heavy atom. The van der Waals surface area contributed by atoms with Crippen LogP contribution in [0.4, 0.5) is 0 Å². The highest BCUT2D eigenvalue weighted by molar-refractivity contribution is 6.30. The van der Waals surface area contributed by atoms with Crippen molar-refractivity contribution in [2.45, 2.75) is 19.4 Å². The maximum absolute atomic E-state index is 10.4. The average molecular weight is 345 g/mol. The van der Waals surface area contributed by atoms with Crippen molar-refractivity contribution < 1.29 is 5.11 Å². The summed E-state index contributed by atoms with van der Waals surface area (Å²) in [5, 5.41) is 11.9. The number of allylic oxidation sites excluding steroid dienone is 4. The largest absolute Gasteiger partial charge is 0.494 e. The van der Waals surface area contributed by atoms with Crippen LogP contribution in [0.1, 0.15) is 24.0 Å². The fourth-order valence-electron chi connectivity index (χ4n) is 3.11. The van der Waals surface area contributed by atoms with Gasteiger partial charge < -0.3 is 10.1 Å². The number of nitrogens with one attached hydrogen (secondary N) is 1. The molecule has 0 saturated carbocycles. The number of aliphatic imine (C=N–C) groups is 1. The average Bonchev–Trinajstić information content (AvgIpc) is 3.11. The fraction of sp³-hybridized carbons (Fsp3) is 0.167. The zero-order valence-electron chi connectivity index (χ0n) is 12.2. The van der Waals surface area contributed by atoms with E-state index in [1.165, 1.54) is 0 Å². The van der Waals surface area contributed by atoms with Gasteiger partial charge in [0.05, 0.1) is 23.5 Å². The maximum atomic E-state index is 10.4. The first-order chi connectivity index (χ1) is 11.1. The minimum atomic E-state index is 0.169. The van der Waals surface area contributed by atoms with Crippen LogP contribution in [0.5, 0.6) is 5.88 Å². The van der Waals surface area contributed by atoms with E-state index >= 15 is 0 Å². The van der Waals surface area contributed by atoms with E-state index in [0.717, 1.165) is 51.5 Å². The summed E-state index contributed by atoms with van der Waals surface area (Å²) in [5.74, 6) is 0.169. The second kappa shape index (κ2) is 5.59. The third kappa shape index (κ3) is 2.50. The van der Waals surface area contributed by atoms with Gasteiger partial charge in [0.15, 0.2) is 5.88 Å². The molecule has 5 heteroatoms. The van der Waals surface area contributed by atoms with Crippen LogP contribution in [0.2, 0.25) is 5.02 Å². The first kappa shape index (κ1) is 14.6. The molecule has 2 aliphatic rings. The second-order valence-corrected chi connectivity index (χ2v) is 6.60. The predicted molar refractivity (Wildman–Crippen MR) is 94.4 cm³/mol. The Bertz CT molecular complexity index is 873. The van der Waals surface area contributed by atoms with E-state index in [1.807, 2.05) is 36.4 Å². The summed E-state index contributed by atoms with van der Waals surface area (Å²) in [4.78, 5) is 7.74. The first-order valence-electron chi connectivity index (χ1n) is 7.43. The fourth-order valence-corrected chi connectivity index (χ4v) is 3.39. The van der Waals surface area contributed by atoms with Gasteiger partial charge in [-0.1, -0.05) is 41.4 Å². The highest BCUT2D eigenvalue weighted by Gasteiger charge is 2.28. The van der Waals surface area contributed by atoms with Crippen LogP contribution < -0.4 is 0 Å². The summed E-state index contributed by atoms with van der Waals surface area (Å²) in [6, 6.07) is 7.56. The molecule has 3 nitrogen and oxygen atoms in total. The van der Waals surface area contributed by atoms with Gasteiger partial charge in [0.25, 0.3) is 0 Å². The van der Waals surface area contributed by atoms with Crippen LogP contribution in [0.15, 0.2) is 52.0 Å². The normalized spacial score (nSPS) is 16.7. The van der Waals surface area contributed by atoms with Crippen LogP contribution in [-0.2, 0) is 6.54 Å². The van der Waals surface area contributed by atoms with E-state index in [2.05, 4.69) is 9.98 Å². The zero-order valence-corrected chi connectivity index (χ0v) is 13.7. The molecule has 2 heterocycles. The number of fused-ring (bicyclic) bond motifs is 1. The molecule has 0 unspecified atom stereocenters. The smallest absolute Gasteiger partial charge is 0.198 e. The molecule has 2 aromatic rings. The van der Waals surface area contributed by atoms with Gasteiger partial charge in [-0.2, -0.15) is 0 Å². The van der Waals surface area contributed by atoms with E-state index in [1.54, 1.807) is 0 Å². The van der Waals surface area contributed by atoms with E-state index < -0.39 is 0 Å². The molecule has 0 fully saturated rings. The van der Waals surface area contributed by atoms with Crippen molar-refractivity contribution in [2.24, 2.45) is 4.99 Å². The first-order valence-corrected chi connectivity index (χ1v) is 8.19. The van der Waals surface area contributed by atoms with Crippen molar-refractivity contribution in [1.82, 2.24) is 4.98 Å². The number of hydrogen-bond donors (Lipinski definition) is 2. The van der Waals surface area contributed by atoms with E-state index in [0.29, 0.717) is 11.6 Å². The van der Waals surface area contributed by atoms with Crippen molar-refractivity contribution in [2.75, 3.05) is 0 Å². The number of nitrogens with zero attached hydrogens (tertiary/aromatic N) is 1. The number of benzene rings is 1. The molecule has 1 aromatic heterocycles. The SMILES string of the molecule is Oc1[nH]c(-c2ccc(Cl)cc2)c2c1C(C1=CC=C(Cl)CC1)=NC2. The zero-order chi connectivity index (χ0) is 16.0. The summed E-state index contributed by atoms with van der Waals surface area (Å²) >= 11 is 12.0. The van der Waals surface area contributed by atoms with E-state index in [4.69, 9.17) is 23.2 Å². The van der Waals surface area contributed by atoms with Gasteiger partial charge >= 0.3 is 0 Å². The number of aromatic amines is 1. The molecular weight excluding hydrogens is 331 g/mol. The third-order valence-corrected chi connectivity index (χ3v) is 4.82. The summed E-state index contributed by atoms with van der Waals surface area (Å²) in [7, 11) is 0. The molecule has 0 atom stereocenters. The van der Waals surface area contributed by atoms with E-state index in [-0.39, 0.29) is 5.88 Å². The van der Waals surface area contributed by atoms with Crippen LogP contribution in [-0.4, -0.2) is 15.8 Å². The lowest BCUT2D eigenvalue weighted by molar-refractivity contribution is 0.456. The Morgan fingerprint density at radius 3 is 2.52 bits per heavy atom. The molecule has 116 valence electrons. The minimum absolute atomic E-state index is 0.169. The molecule has 1 aromatic carbocycles. The Kier molecular flexibility index (Phi) is 3.55. The summed E-state index contributed by atoms with van der Waals surface area (Å²) < 4.78 is 0. The van der Waals surface area contributed by atoms with Crippen LogP contribution in [0, 0.1) is 0 Å². The molecule has 0 radical (unpaired) electrons. The van der Waals surface area contributed by atoms with Gasteiger partial charge in [-0.15, -0.1) is 0 Å². The molecule has 2 N–H and O–H groups in total. The van der Waals surface area contributed by atoms with Gasteiger partial charge in [0, 0.05) is 15.6 Å². The highest BCUT2D eigenvalue weighted by atomic mass is 35.5. The molecule has 0 amide bonds. The highest BCUT2D eigenvalue weighted by Crippen LogP contribution is 2.39. The minimum Gasteiger partial charge on any atom is -0.494 e. The number of rotatable bonds is 2. The molecule has 0 saturated heterocycles. The molecule has 4 rings (SSSR count). The van der Waals surface area contributed by atoms with Gasteiger partial charge in [-0.05, 0) is 42.2 Å². The van der Waals surface area contributed by atoms with Crippen LogP contribution >= 0.6 is 23.2 Å². The Labute approximate surface area is 144 Å². The molecular formula is C18H14Cl2N2O. The molecule has 23 heavy (non-hydrogen) atoms. The summed E-state index contributed by atoms with van der Waals surface area (Å²) in [6.07, 6.45) is 5.56. The van der Waals surface area contributed by atoms with E-state index in [9.17, 15) is 5.11 Å². The molecule has 0 bridgehead atoms. The number of halogens is 2. The van der Waals surface area contributed by atoms with Gasteiger partial charge in [0.1, 0.15) is 0 Å². The van der Waals surface area contributed by atoms with Gasteiger partial charge in [-0.3, -0.25) is 4.99 Å². The lowest BCUT2D eigenvalue weighted by Gasteiger charge is -2.11. The number of aromatic nitrogens is 1. The van der Waals surface area contributed by atoms with Crippen molar-refractivity contribution in [3.05, 3.63) is 63.2 Å². The maximum Gasteiger partial charge on any atom is 0.198 e. The van der Waals surface area contributed by atoms with Crippen molar-refractivity contribution >= 4 is 28.9 Å². The molecule has 1 aliphatic heterocycles. The Balaban J connectivity index is 1.77. The molecule has 0 spiro atoms. The van der Waals surface area contributed by atoms with Crippen molar-refractivity contribution in [1.29, 1.82) is 0 Å². The van der Waals surface area contributed by atoms with Crippen LogP contribution in [0.25, 0.3) is 11.3 Å². The molecule has 1 aliphatic carbocycles. The lowest BCUT2D eigenvalue weighted by atomic mass is 9.95. The Hall–Kier alpha value is -1.97. The quantitative estimate of drug-likeness (QED) is 0.773. The monoisotopic (exact) mass is 344 g/mol. The number of aromatic hydroxyl groups is 1. The van der Waals surface area contributed by atoms with Crippen molar-refractivity contribution in [3.63, 3.8) is 0 Å². The van der Waals surface area contributed by atoms with Crippen molar-refractivity contribution in [3.8, 4) is 17.1 Å². The van der Waals surface area contributed by atoms with Crippen LogP contribution in [0.3, 0.4) is 0 Å². The Morgan fingerprint density at radius 1 is 1.04 bits per heavy atom. The standard InChI is InChI=1S/C18H14Cl2N2O/c19-12-5-1-10(2-6-12)16-14-9-21-17(15(14)18(23)22-16)11-3-7-13(20)8-4-11/h1-3,5-7,22-23H,4,8-9H2. The predicted octanol–water partition coefficient (Wildman–Crippen LogP) is 5.19. The lowest BCUT2D eigenvalue weighted by Crippen LogP contribution is -2.04. The topological polar surface area (TPSA) is 48.4 Å². The summed E-state index contributed by atoms with van der Waals surface area (Å²) in [5.41, 5.74) is 5.72. The van der Waals surface area contributed by atoms with Gasteiger partial charge in [-0.25, -0.2) is 0 Å². The number of hydrogen-bond acceptors (Lipinski definition) is 2. The summed E-state index contributed by atoms with van der Waals surface area (Å²) in [6.45, 7) is 0.564. The third-order valence-electron chi connectivity index (χ3n) is 4.25.